The molecule has 0 radical (unpaired) electrons. The molecule has 3 N–H and O–H groups in total. The van der Waals surface area contributed by atoms with Crippen LogP contribution in [0.15, 0.2) is 40.9 Å². The highest BCUT2D eigenvalue weighted by molar-refractivity contribution is 9.10. The molecule has 2 aromatic carbocycles. The molecule has 1 amide bonds. The van der Waals surface area contributed by atoms with Gasteiger partial charge in [0.2, 0.25) is 0 Å². The summed E-state index contributed by atoms with van der Waals surface area (Å²) < 4.78 is 12.2. The monoisotopic (exact) mass is 449 g/mol. The quantitative estimate of drug-likeness (QED) is 0.458. The van der Waals surface area contributed by atoms with Crippen LogP contribution in [-0.2, 0) is 11.3 Å². The minimum absolute atomic E-state index is 0.104. The molecule has 0 aliphatic carbocycles. The number of rotatable bonds is 11. The van der Waals surface area contributed by atoms with E-state index in [1.807, 2.05) is 50.4 Å². The molecule has 2 aromatic rings. The van der Waals surface area contributed by atoms with Crippen molar-refractivity contribution in [3.05, 3.63) is 52.0 Å². The van der Waals surface area contributed by atoms with Gasteiger partial charge in [0.25, 0.3) is 5.91 Å². The lowest BCUT2D eigenvalue weighted by Crippen LogP contribution is -2.22. The van der Waals surface area contributed by atoms with Crippen LogP contribution < -0.4 is 25.4 Å². The number of ether oxygens (including phenoxy) is 2. The van der Waals surface area contributed by atoms with E-state index >= 15 is 0 Å². The highest BCUT2D eigenvalue weighted by Gasteiger charge is 2.16. The second kappa shape index (κ2) is 11.7. The fourth-order valence-corrected chi connectivity index (χ4v) is 3.09. The van der Waals surface area contributed by atoms with Gasteiger partial charge in [0.15, 0.2) is 18.1 Å². The molecule has 0 spiro atoms. The van der Waals surface area contributed by atoms with Crippen LogP contribution in [0.5, 0.6) is 11.5 Å². The van der Waals surface area contributed by atoms with E-state index in [4.69, 9.17) is 9.47 Å². The lowest BCUT2D eigenvalue weighted by Gasteiger charge is -2.17. The lowest BCUT2D eigenvalue weighted by atomic mass is 10.1. The lowest BCUT2D eigenvalue weighted by molar-refractivity contribution is -0.118. The number of methoxy groups -OCH3 is 1. The summed E-state index contributed by atoms with van der Waals surface area (Å²) in [5, 5.41) is 9.36. The van der Waals surface area contributed by atoms with Crippen LogP contribution in [0.4, 0.5) is 5.69 Å². The molecule has 2 rings (SSSR count). The topological polar surface area (TPSA) is 71.6 Å². The molecule has 28 heavy (non-hydrogen) atoms. The average Bonchev–Trinajstić information content (AvgIpc) is 2.69. The largest absolute Gasteiger partial charge is 0.493 e. The summed E-state index contributed by atoms with van der Waals surface area (Å²) in [5.41, 5.74) is 2.80. The Morgan fingerprint density at radius 3 is 2.54 bits per heavy atom. The zero-order chi connectivity index (χ0) is 20.4. The summed E-state index contributed by atoms with van der Waals surface area (Å²) in [6.45, 7) is 4.33. The number of halogens is 1. The van der Waals surface area contributed by atoms with Gasteiger partial charge in [0, 0.05) is 22.3 Å². The number of hydrogen-bond acceptors (Lipinski definition) is 5. The highest BCUT2D eigenvalue weighted by atomic mass is 79.9. The third-order valence-electron chi connectivity index (χ3n) is 4.15. The first-order valence-electron chi connectivity index (χ1n) is 9.25. The van der Waals surface area contributed by atoms with Crippen LogP contribution in [0, 0.1) is 6.92 Å². The van der Waals surface area contributed by atoms with Gasteiger partial charge in [-0.15, -0.1) is 0 Å². The van der Waals surface area contributed by atoms with Crippen LogP contribution >= 0.6 is 15.9 Å². The van der Waals surface area contributed by atoms with Gasteiger partial charge in [-0.05, 0) is 57.7 Å². The van der Waals surface area contributed by atoms with Crippen LogP contribution in [0.3, 0.4) is 0 Å². The molecule has 0 aliphatic heterocycles. The Balaban J connectivity index is 2.02. The second-order valence-electron chi connectivity index (χ2n) is 6.39. The van der Waals surface area contributed by atoms with Gasteiger partial charge in [-0.2, -0.15) is 0 Å². The van der Waals surface area contributed by atoms with Gasteiger partial charge < -0.3 is 25.4 Å². The molecule has 0 atom stereocenters. The molecule has 0 saturated carbocycles. The number of amides is 1. The first kappa shape index (κ1) is 22.2. The summed E-state index contributed by atoms with van der Waals surface area (Å²) in [6, 6.07) is 11.4. The Hall–Kier alpha value is -2.09. The van der Waals surface area contributed by atoms with Crippen LogP contribution in [-0.4, -0.2) is 39.8 Å². The third kappa shape index (κ3) is 6.82. The zero-order valence-electron chi connectivity index (χ0n) is 16.6. The molecule has 0 saturated heterocycles. The minimum Gasteiger partial charge on any atom is -0.493 e. The fourth-order valence-electron chi connectivity index (χ4n) is 2.64. The third-order valence-corrected chi connectivity index (χ3v) is 4.90. The van der Waals surface area contributed by atoms with E-state index in [9.17, 15) is 4.79 Å². The molecule has 7 heteroatoms. The predicted molar refractivity (Wildman–Crippen MR) is 116 cm³/mol. The molecule has 152 valence electrons. The van der Waals surface area contributed by atoms with Crippen molar-refractivity contribution in [2.75, 3.05) is 39.2 Å². The van der Waals surface area contributed by atoms with Gasteiger partial charge in [0.05, 0.1) is 7.11 Å². The molecule has 0 heterocycles. The smallest absolute Gasteiger partial charge is 0.262 e. The summed E-state index contributed by atoms with van der Waals surface area (Å²) in [5.74, 6) is 0.939. The van der Waals surface area contributed by atoms with E-state index in [0.29, 0.717) is 18.0 Å². The van der Waals surface area contributed by atoms with Crippen molar-refractivity contribution in [2.45, 2.75) is 19.9 Å². The summed E-state index contributed by atoms with van der Waals surface area (Å²) in [6.07, 6.45) is 1.02. The number of nitrogens with one attached hydrogen (secondary N) is 3. The van der Waals surface area contributed by atoms with Crippen molar-refractivity contribution in [3.8, 4) is 11.5 Å². The number of benzene rings is 2. The van der Waals surface area contributed by atoms with Crippen molar-refractivity contribution >= 4 is 27.5 Å². The molecule has 6 nitrogen and oxygen atoms in total. The van der Waals surface area contributed by atoms with Crippen molar-refractivity contribution in [2.24, 2.45) is 0 Å². The van der Waals surface area contributed by atoms with E-state index in [2.05, 4.69) is 31.9 Å². The molecule has 0 bridgehead atoms. The van der Waals surface area contributed by atoms with E-state index in [-0.39, 0.29) is 12.5 Å². The normalized spacial score (nSPS) is 10.6. The van der Waals surface area contributed by atoms with Crippen molar-refractivity contribution in [1.82, 2.24) is 10.6 Å². The van der Waals surface area contributed by atoms with Gasteiger partial charge in [0.1, 0.15) is 0 Å². The van der Waals surface area contributed by atoms with Gasteiger partial charge in [-0.3, -0.25) is 4.79 Å². The maximum absolute atomic E-state index is 12.3. The Morgan fingerprint density at radius 1 is 1.11 bits per heavy atom. The Kier molecular flexibility index (Phi) is 9.27. The second-order valence-corrected chi connectivity index (χ2v) is 7.25. The van der Waals surface area contributed by atoms with Crippen LogP contribution in [0.1, 0.15) is 17.5 Å². The van der Waals surface area contributed by atoms with Crippen LogP contribution in [0.2, 0.25) is 0 Å². The van der Waals surface area contributed by atoms with Crippen molar-refractivity contribution in [1.29, 1.82) is 0 Å². The standard InChI is InChI=1S/C21H28BrN3O3/c1-15-5-7-16(8-6-15)25-20(26)14-28-21-17(13-24-12-4-11-23-2)18(22)9-10-19(21)27-3/h5-10,23-24H,4,11-14H2,1-3H3,(H,25,26). The predicted octanol–water partition coefficient (Wildman–Crippen LogP) is 3.48. The number of aryl methyl sites for hydroxylation is 1. The molecule has 0 aromatic heterocycles. The number of hydrogen-bond donors (Lipinski definition) is 3. The number of carbonyl (C=O) groups excluding carboxylic acids is 1. The minimum atomic E-state index is -0.223. The van der Waals surface area contributed by atoms with E-state index < -0.39 is 0 Å². The average molecular weight is 450 g/mol. The highest BCUT2D eigenvalue weighted by Crippen LogP contribution is 2.36. The van der Waals surface area contributed by atoms with Crippen molar-refractivity contribution < 1.29 is 14.3 Å². The first-order valence-corrected chi connectivity index (χ1v) is 10.0. The molecule has 0 fully saturated rings. The first-order chi connectivity index (χ1) is 13.5. The SMILES string of the molecule is CNCCCNCc1c(Br)ccc(OC)c1OCC(=O)Nc1ccc(C)cc1. The maximum Gasteiger partial charge on any atom is 0.262 e. The van der Waals surface area contributed by atoms with Crippen molar-refractivity contribution in [3.63, 3.8) is 0 Å². The van der Waals surface area contributed by atoms with Gasteiger partial charge >= 0.3 is 0 Å². The Bertz CT molecular complexity index is 766. The fraction of sp³-hybridized carbons (Fsp3) is 0.381. The molecular formula is C21H28BrN3O3. The molecule has 0 aliphatic rings. The van der Waals surface area contributed by atoms with Gasteiger partial charge in [-0.1, -0.05) is 33.6 Å². The van der Waals surface area contributed by atoms with E-state index in [1.54, 1.807) is 7.11 Å². The summed E-state index contributed by atoms with van der Waals surface area (Å²) >= 11 is 3.57. The number of anilines is 1. The maximum atomic E-state index is 12.3. The van der Waals surface area contributed by atoms with E-state index in [0.717, 1.165) is 40.8 Å². The van der Waals surface area contributed by atoms with E-state index in [1.165, 1.54) is 0 Å². The summed E-state index contributed by atoms with van der Waals surface area (Å²) in [4.78, 5) is 12.3. The van der Waals surface area contributed by atoms with Crippen LogP contribution in [0.25, 0.3) is 0 Å². The molecule has 0 unspecified atom stereocenters. The zero-order valence-corrected chi connectivity index (χ0v) is 18.2. The number of carbonyl (C=O) groups is 1. The summed E-state index contributed by atoms with van der Waals surface area (Å²) in [7, 11) is 3.53. The Labute approximate surface area is 175 Å². The Morgan fingerprint density at radius 2 is 1.86 bits per heavy atom. The molecular weight excluding hydrogens is 422 g/mol. The van der Waals surface area contributed by atoms with Gasteiger partial charge in [-0.25, -0.2) is 0 Å².